The molecule has 2 N–H and O–H groups in total. The standard InChI is InChI=1S/C19H21ClN2O2S/c1-12-7-9-15(10-8-12)21-18(23)11-25-14(3)19(24)22-17-6-4-5-16(20)13(17)2/h4-10,14H,11H2,1-3H3,(H,21,23)(H,22,24)/t14-/m1/s1. The van der Waals surface area contributed by atoms with Crippen LogP contribution < -0.4 is 10.6 Å². The average molecular weight is 377 g/mol. The van der Waals surface area contributed by atoms with E-state index in [1.807, 2.05) is 38.1 Å². The Morgan fingerprint density at radius 1 is 1.08 bits per heavy atom. The van der Waals surface area contributed by atoms with E-state index in [0.717, 1.165) is 16.8 Å². The van der Waals surface area contributed by atoms with Gasteiger partial charge < -0.3 is 10.6 Å². The molecular formula is C19H21ClN2O2S. The first-order valence-corrected chi connectivity index (χ1v) is 9.33. The molecule has 2 aromatic rings. The van der Waals surface area contributed by atoms with Gasteiger partial charge >= 0.3 is 0 Å². The van der Waals surface area contributed by atoms with Gasteiger partial charge in [-0.2, -0.15) is 0 Å². The van der Waals surface area contributed by atoms with Crippen molar-refractivity contribution in [3.63, 3.8) is 0 Å². The summed E-state index contributed by atoms with van der Waals surface area (Å²) in [5.41, 5.74) is 3.40. The normalized spacial score (nSPS) is 11.7. The van der Waals surface area contributed by atoms with E-state index in [2.05, 4.69) is 10.6 Å². The van der Waals surface area contributed by atoms with Crippen molar-refractivity contribution in [2.75, 3.05) is 16.4 Å². The molecule has 2 aromatic carbocycles. The molecule has 0 aliphatic rings. The Hall–Kier alpha value is -1.98. The fourth-order valence-corrected chi connectivity index (χ4v) is 2.95. The molecule has 0 aromatic heterocycles. The zero-order valence-electron chi connectivity index (χ0n) is 14.4. The summed E-state index contributed by atoms with van der Waals surface area (Å²) >= 11 is 7.34. The van der Waals surface area contributed by atoms with Gasteiger partial charge in [0.2, 0.25) is 11.8 Å². The molecule has 2 amide bonds. The van der Waals surface area contributed by atoms with Crippen molar-refractivity contribution in [2.24, 2.45) is 0 Å². The lowest BCUT2D eigenvalue weighted by Crippen LogP contribution is -2.25. The lowest BCUT2D eigenvalue weighted by molar-refractivity contribution is -0.115. The first-order chi connectivity index (χ1) is 11.9. The number of carbonyl (C=O) groups is 2. The van der Waals surface area contributed by atoms with Gasteiger partial charge in [-0.15, -0.1) is 11.8 Å². The molecule has 4 nitrogen and oxygen atoms in total. The zero-order chi connectivity index (χ0) is 18.4. The van der Waals surface area contributed by atoms with Crippen molar-refractivity contribution in [1.82, 2.24) is 0 Å². The van der Waals surface area contributed by atoms with E-state index in [1.54, 1.807) is 25.1 Å². The SMILES string of the molecule is Cc1ccc(NC(=O)CS[C@H](C)C(=O)Nc2cccc(Cl)c2C)cc1. The predicted octanol–water partition coefficient (Wildman–Crippen LogP) is 4.66. The molecule has 0 aliphatic heterocycles. The molecule has 25 heavy (non-hydrogen) atoms. The number of nitrogens with one attached hydrogen (secondary N) is 2. The van der Waals surface area contributed by atoms with Crippen LogP contribution in [-0.4, -0.2) is 22.8 Å². The molecule has 0 bridgehead atoms. The van der Waals surface area contributed by atoms with Gasteiger partial charge in [-0.25, -0.2) is 0 Å². The number of halogens is 1. The van der Waals surface area contributed by atoms with E-state index < -0.39 is 0 Å². The Morgan fingerprint density at radius 2 is 1.76 bits per heavy atom. The third-order valence-electron chi connectivity index (χ3n) is 3.69. The van der Waals surface area contributed by atoms with Crippen molar-refractivity contribution < 1.29 is 9.59 Å². The predicted molar refractivity (Wildman–Crippen MR) is 107 cm³/mol. The molecule has 1 atom stereocenters. The monoisotopic (exact) mass is 376 g/mol. The number of aryl methyl sites for hydroxylation is 1. The third-order valence-corrected chi connectivity index (χ3v) is 5.25. The number of amides is 2. The van der Waals surface area contributed by atoms with Crippen molar-refractivity contribution in [1.29, 1.82) is 0 Å². The van der Waals surface area contributed by atoms with Crippen LogP contribution in [0.4, 0.5) is 11.4 Å². The van der Waals surface area contributed by atoms with Gasteiger partial charge in [0.15, 0.2) is 0 Å². The van der Waals surface area contributed by atoms with Gasteiger partial charge in [0.25, 0.3) is 0 Å². The highest BCUT2D eigenvalue weighted by Crippen LogP contribution is 2.24. The molecule has 0 radical (unpaired) electrons. The molecule has 0 saturated carbocycles. The summed E-state index contributed by atoms with van der Waals surface area (Å²) in [7, 11) is 0. The van der Waals surface area contributed by atoms with Crippen LogP contribution in [0.25, 0.3) is 0 Å². The number of hydrogen-bond acceptors (Lipinski definition) is 3. The molecular weight excluding hydrogens is 356 g/mol. The van der Waals surface area contributed by atoms with Crippen LogP contribution in [0.1, 0.15) is 18.1 Å². The van der Waals surface area contributed by atoms with E-state index >= 15 is 0 Å². The van der Waals surface area contributed by atoms with Crippen molar-refractivity contribution >= 4 is 46.6 Å². The Bertz CT molecular complexity index is 763. The van der Waals surface area contributed by atoms with Crippen molar-refractivity contribution in [2.45, 2.75) is 26.0 Å². The van der Waals surface area contributed by atoms with E-state index in [0.29, 0.717) is 10.7 Å². The highest BCUT2D eigenvalue weighted by Gasteiger charge is 2.16. The van der Waals surface area contributed by atoms with Crippen LogP contribution in [0.15, 0.2) is 42.5 Å². The Balaban J connectivity index is 1.83. The Morgan fingerprint density at radius 3 is 2.44 bits per heavy atom. The number of thioether (sulfide) groups is 1. The van der Waals surface area contributed by atoms with Gasteiger partial charge in [0, 0.05) is 16.4 Å². The highest BCUT2D eigenvalue weighted by atomic mass is 35.5. The van der Waals surface area contributed by atoms with E-state index in [4.69, 9.17) is 11.6 Å². The summed E-state index contributed by atoms with van der Waals surface area (Å²) in [5.74, 6) is -0.0808. The minimum absolute atomic E-state index is 0.132. The summed E-state index contributed by atoms with van der Waals surface area (Å²) < 4.78 is 0. The maximum Gasteiger partial charge on any atom is 0.237 e. The number of rotatable bonds is 6. The molecule has 0 saturated heterocycles. The lowest BCUT2D eigenvalue weighted by atomic mass is 10.2. The number of hydrogen-bond donors (Lipinski definition) is 2. The maximum absolute atomic E-state index is 12.3. The molecule has 0 aliphatic carbocycles. The summed E-state index contributed by atoms with van der Waals surface area (Å²) in [4.78, 5) is 24.3. The van der Waals surface area contributed by atoms with Crippen LogP contribution in [0.3, 0.4) is 0 Å². The molecule has 6 heteroatoms. The molecule has 0 spiro atoms. The van der Waals surface area contributed by atoms with Gasteiger partial charge in [-0.1, -0.05) is 35.4 Å². The number of carbonyl (C=O) groups excluding carboxylic acids is 2. The third kappa shape index (κ3) is 5.80. The zero-order valence-corrected chi connectivity index (χ0v) is 16.0. The second-order valence-electron chi connectivity index (χ2n) is 5.77. The summed E-state index contributed by atoms with van der Waals surface area (Å²) in [6.45, 7) is 5.62. The summed E-state index contributed by atoms with van der Waals surface area (Å²) in [6, 6.07) is 13.0. The van der Waals surface area contributed by atoms with Crippen LogP contribution in [0.5, 0.6) is 0 Å². The van der Waals surface area contributed by atoms with E-state index in [9.17, 15) is 9.59 Å². The average Bonchev–Trinajstić information content (AvgIpc) is 2.58. The van der Waals surface area contributed by atoms with E-state index in [-0.39, 0.29) is 22.8 Å². The minimum Gasteiger partial charge on any atom is -0.325 e. The van der Waals surface area contributed by atoms with Crippen LogP contribution in [-0.2, 0) is 9.59 Å². The van der Waals surface area contributed by atoms with Crippen molar-refractivity contribution in [3.8, 4) is 0 Å². The number of anilines is 2. The summed E-state index contributed by atoms with van der Waals surface area (Å²) in [6.07, 6.45) is 0. The van der Waals surface area contributed by atoms with Crippen LogP contribution >= 0.6 is 23.4 Å². The maximum atomic E-state index is 12.3. The highest BCUT2D eigenvalue weighted by molar-refractivity contribution is 8.01. The minimum atomic E-state index is -0.359. The molecule has 2 rings (SSSR count). The molecule has 0 heterocycles. The molecule has 0 fully saturated rings. The fourth-order valence-electron chi connectivity index (χ4n) is 2.09. The lowest BCUT2D eigenvalue weighted by Gasteiger charge is -2.14. The van der Waals surface area contributed by atoms with Crippen molar-refractivity contribution in [3.05, 3.63) is 58.6 Å². The van der Waals surface area contributed by atoms with Gasteiger partial charge in [-0.05, 0) is 50.6 Å². The van der Waals surface area contributed by atoms with Gasteiger partial charge in [0.05, 0.1) is 11.0 Å². The van der Waals surface area contributed by atoms with Crippen LogP contribution in [0, 0.1) is 13.8 Å². The Labute approximate surface area is 157 Å². The first-order valence-electron chi connectivity index (χ1n) is 7.91. The second kappa shape index (κ2) is 8.92. The second-order valence-corrected chi connectivity index (χ2v) is 7.51. The van der Waals surface area contributed by atoms with Crippen LogP contribution in [0.2, 0.25) is 5.02 Å². The molecule has 0 unspecified atom stereocenters. The van der Waals surface area contributed by atoms with Gasteiger partial charge in [-0.3, -0.25) is 9.59 Å². The Kier molecular flexibility index (Phi) is 6.91. The smallest absolute Gasteiger partial charge is 0.237 e. The quantitative estimate of drug-likeness (QED) is 0.771. The first kappa shape index (κ1) is 19.3. The molecule has 132 valence electrons. The summed E-state index contributed by atoms with van der Waals surface area (Å²) in [5, 5.41) is 5.92. The largest absolute Gasteiger partial charge is 0.325 e. The fraction of sp³-hybridized carbons (Fsp3) is 0.263. The topological polar surface area (TPSA) is 58.2 Å². The number of benzene rings is 2. The van der Waals surface area contributed by atoms with E-state index in [1.165, 1.54) is 11.8 Å². The van der Waals surface area contributed by atoms with Gasteiger partial charge in [0.1, 0.15) is 0 Å².